The van der Waals surface area contributed by atoms with E-state index < -0.39 is 0 Å². The number of aryl methyl sites for hydroxylation is 1. The molecule has 1 aromatic carbocycles. The van der Waals surface area contributed by atoms with Crippen molar-refractivity contribution in [3.8, 4) is 0 Å². The van der Waals surface area contributed by atoms with Gasteiger partial charge in [-0.3, -0.25) is 4.79 Å². The van der Waals surface area contributed by atoms with Gasteiger partial charge in [-0.15, -0.1) is 0 Å². The zero-order chi connectivity index (χ0) is 10.7. The van der Waals surface area contributed by atoms with E-state index in [0.29, 0.717) is 6.54 Å². The van der Waals surface area contributed by atoms with E-state index in [-0.39, 0.29) is 5.91 Å². The topological polar surface area (TPSA) is 20.3 Å². The fraction of sp³-hybridized carbons (Fsp3) is 0.364. The lowest BCUT2D eigenvalue weighted by molar-refractivity contribution is -0.116. The molecule has 0 N–H and O–H groups in total. The molecule has 0 saturated carbocycles. The summed E-state index contributed by atoms with van der Waals surface area (Å²) in [5, 5.41) is 0. The van der Waals surface area contributed by atoms with Gasteiger partial charge in [-0.1, -0.05) is 22.0 Å². The number of hydrogen-bond donors (Lipinski definition) is 0. The van der Waals surface area contributed by atoms with Crippen LogP contribution in [0.15, 0.2) is 22.7 Å². The van der Waals surface area contributed by atoms with Crippen LogP contribution in [-0.2, 0) is 4.79 Å². The van der Waals surface area contributed by atoms with Crippen LogP contribution in [-0.4, -0.2) is 12.5 Å². The second-order valence-electron chi connectivity index (χ2n) is 3.20. The molecule has 0 aliphatic rings. The van der Waals surface area contributed by atoms with E-state index >= 15 is 0 Å². The Bertz CT molecular complexity index is 349. The van der Waals surface area contributed by atoms with Gasteiger partial charge in [-0.25, -0.2) is 0 Å². The molecule has 1 aromatic rings. The van der Waals surface area contributed by atoms with Gasteiger partial charge in [-0.05, 0) is 31.5 Å². The minimum absolute atomic E-state index is 0.0725. The highest BCUT2D eigenvalue weighted by Gasteiger charge is 2.09. The Morgan fingerprint density at radius 1 is 1.50 bits per heavy atom. The fourth-order valence-corrected chi connectivity index (χ4v) is 1.70. The summed E-state index contributed by atoms with van der Waals surface area (Å²) in [6.07, 6.45) is 0. The summed E-state index contributed by atoms with van der Waals surface area (Å²) in [5.74, 6) is 0.0725. The third kappa shape index (κ3) is 2.35. The summed E-state index contributed by atoms with van der Waals surface area (Å²) in [4.78, 5) is 13.0. The zero-order valence-electron chi connectivity index (χ0n) is 8.67. The Kier molecular flexibility index (Phi) is 3.69. The van der Waals surface area contributed by atoms with E-state index in [4.69, 9.17) is 0 Å². The first-order valence-electron chi connectivity index (χ1n) is 4.60. The first kappa shape index (κ1) is 11.2. The molecule has 0 fully saturated rings. The molecule has 0 bridgehead atoms. The smallest absolute Gasteiger partial charge is 0.223 e. The van der Waals surface area contributed by atoms with Crippen molar-refractivity contribution in [1.82, 2.24) is 0 Å². The summed E-state index contributed by atoms with van der Waals surface area (Å²) in [5.41, 5.74) is 2.12. The van der Waals surface area contributed by atoms with Gasteiger partial charge in [-0.2, -0.15) is 0 Å². The average molecular weight is 256 g/mol. The molecule has 2 nitrogen and oxygen atoms in total. The van der Waals surface area contributed by atoms with Crippen molar-refractivity contribution in [2.45, 2.75) is 20.8 Å². The van der Waals surface area contributed by atoms with E-state index in [0.717, 1.165) is 10.2 Å². The number of benzene rings is 1. The van der Waals surface area contributed by atoms with Crippen molar-refractivity contribution in [2.24, 2.45) is 0 Å². The van der Waals surface area contributed by atoms with Gasteiger partial charge in [0.15, 0.2) is 0 Å². The van der Waals surface area contributed by atoms with Crippen LogP contribution in [0.3, 0.4) is 0 Å². The molecule has 0 atom stereocenters. The minimum atomic E-state index is 0.0725. The molecule has 0 aliphatic heterocycles. The van der Waals surface area contributed by atoms with Crippen molar-refractivity contribution in [3.05, 3.63) is 28.2 Å². The van der Waals surface area contributed by atoms with Crippen molar-refractivity contribution < 1.29 is 4.79 Å². The third-order valence-corrected chi connectivity index (χ3v) is 3.02. The molecule has 0 unspecified atom stereocenters. The van der Waals surface area contributed by atoms with Crippen molar-refractivity contribution >= 4 is 27.5 Å². The number of rotatable bonds is 2. The Labute approximate surface area is 93.0 Å². The molecule has 1 rings (SSSR count). The standard InChI is InChI=1S/C11H14BrNO/c1-4-13(9(3)14)10-6-5-8(2)11(12)7-10/h5-7H,4H2,1-3H3. The molecule has 0 aliphatic carbocycles. The zero-order valence-corrected chi connectivity index (χ0v) is 10.3. The monoisotopic (exact) mass is 255 g/mol. The second-order valence-corrected chi connectivity index (χ2v) is 4.05. The summed E-state index contributed by atoms with van der Waals surface area (Å²) in [6.45, 7) is 6.27. The van der Waals surface area contributed by atoms with Crippen LogP contribution >= 0.6 is 15.9 Å². The molecule has 0 radical (unpaired) electrons. The van der Waals surface area contributed by atoms with Crippen LogP contribution in [0.1, 0.15) is 19.4 Å². The largest absolute Gasteiger partial charge is 0.313 e. The van der Waals surface area contributed by atoms with E-state index in [1.54, 1.807) is 11.8 Å². The number of nitrogens with zero attached hydrogens (tertiary/aromatic N) is 1. The van der Waals surface area contributed by atoms with E-state index in [1.165, 1.54) is 5.56 Å². The number of anilines is 1. The van der Waals surface area contributed by atoms with Gasteiger partial charge in [0, 0.05) is 23.6 Å². The predicted octanol–water partition coefficient (Wildman–Crippen LogP) is 3.13. The SMILES string of the molecule is CCN(C(C)=O)c1ccc(C)c(Br)c1. The van der Waals surface area contributed by atoms with E-state index in [9.17, 15) is 4.79 Å². The van der Waals surface area contributed by atoms with Gasteiger partial charge in [0.1, 0.15) is 0 Å². The highest BCUT2D eigenvalue weighted by molar-refractivity contribution is 9.10. The molecule has 76 valence electrons. The first-order valence-corrected chi connectivity index (χ1v) is 5.39. The summed E-state index contributed by atoms with van der Waals surface area (Å²) >= 11 is 3.45. The maximum absolute atomic E-state index is 11.3. The van der Waals surface area contributed by atoms with Gasteiger partial charge in [0.05, 0.1) is 0 Å². The number of hydrogen-bond acceptors (Lipinski definition) is 1. The predicted molar refractivity (Wildman–Crippen MR) is 62.6 cm³/mol. The fourth-order valence-electron chi connectivity index (χ4n) is 1.34. The molecular weight excluding hydrogens is 242 g/mol. The lowest BCUT2D eigenvalue weighted by Crippen LogP contribution is -2.27. The maximum Gasteiger partial charge on any atom is 0.223 e. The Hall–Kier alpha value is -0.830. The molecule has 1 amide bonds. The molecular formula is C11H14BrNO. The van der Waals surface area contributed by atoms with Gasteiger partial charge >= 0.3 is 0 Å². The van der Waals surface area contributed by atoms with Gasteiger partial charge in [0.25, 0.3) is 0 Å². The normalized spacial score (nSPS) is 10.0. The number of amides is 1. The second kappa shape index (κ2) is 4.60. The lowest BCUT2D eigenvalue weighted by atomic mass is 10.2. The van der Waals surface area contributed by atoms with Crippen LogP contribution < -0.4 is 4.90 Å². The summed E-state index contributed by atoms with van der Waals surface area (Å²) < 4.78 is 1.04. The van der Waals surface area contributed by atoms with Crippen LogP contribution in [0.4, 0.5) is 5.69 Å². The van der Waals surface area contributed by atoms with Crippen molar-refractivity contribution in [1.29, 1.82) is 0 Å². The van der Waals surface area contributed by atoms with Gasteiger partial charge in [0.2, 0.25) is 5.91 Å². The van der Waals surface area contributed by atoms with Crippen LogP contribution in [0.25, 0.3) is 0 Å². The molecule has 0 spiro atoms. The minimum Gasteiger partial charge on any atom is -0.313 e. The van der Waals surface area contributed by atoms with Crippen LogP contribution in [0.5, 0.6) is 0 Å². The lowest BCUT2D eigenvalue weighted by Gasteiger charge is -2.19. The summed E-state index contributed by atoms with van der Waals surface area (Å²) in [6, 6.07) is 5.94. The molecule has 0 saturated heterocycles. The highest BCUT2D eigenvalue weighted by atomic mass is 79.9. The quantitative estimate of drug-likeness (QED) is 0.796. The van der Waals surface area contributed by atoms with Crippen molar-refractivity contribution in [2.75, 3.05) is 11.4 Å². The van der Waals surface area contributed by atoms with Gasteiger partial charge < -0.3 is 4.90 Å². The Morgan fingerprint density at radius 3 is 2.57 bits per heavy atom. The van der Waals surface area contributed by atoms with E-state index in [2.05, 4.69) is 15.9 Å². The third-order valence-electron chi connectivity index (χ3n) is 2.16. The number of halogens is 1. The number of carbonyl (C=O) groups excluding carboxylic acids is 1. The Morgan fingerprint density at radius 2 is 2.14 bits per heavy atom. The Balaban J connectivity index is 3.06. The number of carbonyl (C=O) groups is 1. The van der Waals surface area contributed by atoms with Crippen molar-refractivity contribution in [3.63, 3.8) is 0 Å². The molecule has 0 aromatic heterocycles. The average Bonchev–Trinajstić information content (AvgIpc) is 2.11. The molecule has 3 heteroatoms. The molecule has 14 heavy (non-hydrogen) atoms. The highest BCUT2D eigenvalue weighted by Crippen LogP contribution is 2.23. The molecule has 0 heterocycles. The van der Waals surface area contributed by atoms with Crippen LogP contribution in [0, 0.1) is 6.92 Å². The van der Waals surface area contributed by atoms with Crippen LogP contribution in [0.2, 0.25) is 0 Å². The van der Waals surface area contributed by atoms with E-state index in [1.807, 2.05) is 32.0 Å². The maximum atomic E-state index is 11.3. The summed E-state index contributed by atoms with van der Waals surface area (Å²) in [7, 11) is 0. The first-order chi connectivity index (χ1) is 6.56.